The van der Waals surface area contributed by atoms with Gasteiger partial charge in [-0.25, -0.2) is 0 Å². The maximum atomic E-state index is 15.4. The summed E-state index contributed by atoms with van der Waals surface area (Å²) in [5.41, 5.74) is 1.86. The number of hydrogen-bond donors (Lipinski definition) is 1. The molecule has 4 rings (SSSR count). The summed E-state index contributed by atoms with van der Waals surface area (Å²) in [5.74, 6) is 0.192. The molecule has 3 fully saturated rings. The average Bonchev–Trinajstić information content (AvgIpc) is 3.50. The van der Waals surface area contributed by atoms with Crippen molar-refractivity contribution in [2.75, 3.05) is 24.6 Å². The van der Waals surface area contributed by atoms with Gasteiger partial charge in [-0.05, 0) is 68.8 Å². The second-order valence-electron chi connectivity index (χ2n) is 10.8. The fourth-order valence-electron chi connectivity index (χ4n) is 6.33. The van der Waals surface area contributed by atoms with Gasteiger partial charge in [0.2, 0.25) is 20.2 Å². The Bertz CT molecular complexity index is 892. The van der Waals surface area contributed by atoms with Crippen LogP contribution in [0.2, 0.25) is 18.6 Å². The predicted molar refractivity (Wildman–Crippen MR) is 133 cm³/mol. The standard InChI is InChI=1S/C26H39FN2O4Si/c1-18-22(12-11-19-7-4-8-20(15-19)28-14-6-10-24(28)31)33-23(26(18)34(2,3)27)16-25(32)29-13-5-9-21(29)17-30/h4,7-8,15,18,21-23,26,30H,5-6,9-14,16-17H2,1-3H3/t18-,21-,22+,23-,26+/m0/s1. The summed E-state index contributed by atoms with van der Waals surface area (Å²) in [6.07, 6.45) is 4.45. The molecule has 2 amide bonds. The molecule has 6 nitrogen and oxygen atoms in total. The van der Waals surface area contributed by atoms with Crippen LogP contribution < -0.4 is 4.90 Å². The van der Waals surface area contributed by atoms with Crippen molar-refractivity contribution in [3.8, 4) is 0 Å². The number of amides is 2. The van der Waals surface area contributed by atoms with Gasteiger partial charge in [-0.1, -0.05) is 19.1 Å². The van der Waals surface area contributed by atoms with E-state index in [1.807, 2.05) is 17.0 Å². The Kier molecular flexibility index (Phi) is 7.79. The lowest BCUT2D eigenvalue weighted by atomic mass is 9.95. The van der Waals surface area contributed by atoms with Crippen LogP contribution in [0.25, 0.3) is 0 Å². The topological polar surface area (TPSA) is 70.1 Å². The molecule has 0 saturated carbocycles. The van der Waals surface area contributed by atoms with Gasteiger partial charge >= 0.3 is 0 Å². The van der Waals surface area contributed by atoms with Crippen molar-refractivity contribution >= 4 is 25.9 Å². The summed E-state index contributed by atoms with van der Waals surface area (Å²) >= 11 is 0. The molecule has 188 valence electrons. The van der Waals surface area contributed by atoms with Crippen molar-refractivity contribution in [3.63, 3.8) is 0 Å². The smallest absolute Gasteiger partial charge is 0.246 e. The summed E-state index contributed by atoms with van der Waals surface area (Å²) in [5, 5.41) is 9.59. The van der Waals surface area contributed by atoms with Crippen LogP contribution in [0.4, 0.5) is 9.80 Å². The van der Waals surface area contributed by atoms with Crippen LogP contribution in [0.3, 0.4) is 0 Å². The number of anilines is 1. The first-order chi connectivity index (χ1) is 16.2. The van der Waals surface area contributed by atoms with Gasteiger partial charge in [0, 0.05) is 30.7 Å². The molecule has 1 aromatic rings. The highest BCUT2D eigenvalue weighted by Gasteiger charge is 2.52. The van der Waals surface area contributed by atoms with E-state index in [2.05, 4.69) is 19.1 Å². The number of carbonyl (C=O) groups excluding carboxylic acids is 2. The number of aliphatic hydroxyl groups excluding tert-OH is 1. The van der Waals surface area contributed by atoms with Gasteiger partial charge in [0.05, 0.1) is 31.3 Å². The molecule has 3 saturated heterocycles. The van der Waals surface area contributed by atoms with Gasteiger partial charge in [0.25, 0.3) is 0 Å². The van der Waals surface area contributed by atoms with E-state index >= 15 is 4.11 Å². The van der Waals surface area contributed by atoms with Gasteiger partial charge in [-0.15, -0.1) is 0 Å². The van der Waals surface area contributed by atoms with E-state index in [0.717, 1.165) is 49.9 Å². The van der Waals surface area contributed by atoms with Gasteiger partial charge in [0.1, 0.15) is 0 Å². The van der Waals surface area contributed by atoms with Crippen molar-refractivity contribution in [2.45, 2.75) is 88.8 Å². The molecule has 0 unspecified atom stereocenters. The summed E-state index contributed by atoms with van der Waals surface area (Å²) in [4.78, 5) is 28.7. The van der Waals surface area contributed by atoms with E-state index in [4.69, 9.17) is 4.74 Å². The van der Waals surface area contributed by atoms with E-state index in [-0.39, 0.29) is 48.4 Å². The molecule has 0 bridgehead atoms. The van der Waals surface area contributed by atoms with Crippen molar-refractivity contribution in [3.05, 3.63) is 29.8 Å². The quantitative estimate of drug-likeness (QED) is 0.441. The minimum absolute atomic E-state index is 0.0227. The molecule has 8 heteroatoms. The lowest BCUT2D eigenvalue weighted by Gasteiger charge is -2.30. The van der Waals surface area contributed by atoms with Gasteiger partial charge in [-0.3, -0.25) is 9.59 Å². The summed E-state index contributed by atoms with van der Waals surface area (Å²) in [6, 6.07) is 8.00. The highest BCUT2D eigenvalue weighted by Crippen LogP contribution is 2.47. The third-order valence-electron chi connectivity index (χ3n) is 7.99. The molecule has 1 aromatic carbocycles. The Morgan fingerprint density at radius 1 is 1.24 bits per heavy atom. The second-order valence-corrected chi connectivity index (χ2v) is 14.6. The number of rotatable bonds is 8. The number of ether oxygens (including phenoxy) is 1. The van der Waals surface area contributed by atoms with Crippen LogP contribution in [0.15, 0.2) is 24.3 Å². The van der Waals surface area contributed by atoms with Crippen LogP contribution in [-0.4, -0.2) is 68.2 Å². The number of likely N-dealkylation sites (tertiary alicyclic amines) is 1. The van der Waals surface area contributed by atoms with Crippen molar-refractivity contribution in [1.82, 2.24) is 4.90 Å². The number of halogens is 1. The predicted octanol–water partition coefficient (Wildman–Crippen LogP) is 4.07. The number of nitrogens with zero attached hydrogens (tertiary/aromatic N) is 2. The molecule has 0 aliphatic carbocycles. The zero-order valence-corrected chi connectivity index (χ0v) is 21.7. The van der Waals surface area contributed by atoms with E-state index in [1.54, 1.807) is 18.0 Å². The number of carbonyl (C=O) groups is 2. The van der Waals surface area contributed by atoms with Gasteiger partial charge in [0.15, 0.2) is 0 Å². The zero-order valence-electron chi connectivity index (χ0n) is 20.7. The largest absolute Gasteiger partial charge is 0.394 e. The lowest BCUT2D eigenvalue weighted by molar-refractivity contribution is -0.135. The maximum Gasteiger partial charge on any atom is 0.246 e. The fourth-order valence-corrected chi connectivity index (χ4v) is 8.87. The molecule has 0 spiro atoms. The van der Waals surface area contributed by atoms with Gasteiger partial charge in [-0.2, -0.15) is 0 Å². The summed E-state index contributed by atoms with van der Waals surface area (Å²) < 4.78 is 21.8. The van der Waals surface area contributed by atoms with Crippen LogP contribution >= 0.6 is 0 Å². The molecule has 0 radical (unpaired) electrons. The van der Waals surface area contributed by atoms with Crippen LogP contribution in [0.1, 0.15) is 51.0 Å². The minimum atomic E-state index is -3.06. The fraction of sp³-hybridized carbons (Fsp3) is 0.692. The maximum absolute atomic E-state index is 15.4. The second kappa shape index (κ2) is 10.5. The Balaban J connectivity index is 1.41. The number of aliphatic hydroxyl groups is 1. The van der Waals surface area contributed by atoms with E-state index < -0.39 is 14.5 Å². The number of benzene rings is 1. The van der Waals surface area contributed by atoms with Gasteiger partial charge < -0.3 is 23.8 Å². The highest BCUT2D eigenvalue weighted by molar-refractivity contribution is 6.72. The van der Waals surface area contributed by atoms with Crippen LogP contribution in [0.5, 0.6) is 0 Å². The van der Waals surface area contributed by atoms with Crippen molar-refractivity contribution in [1.29, 1.82) is 0 Å². The monoisotopic (exact) mass is 490 g/mol. The number of hydrogen-bond acceptors (Lipinski definition) is 4. The van der Waals surface area contributed by atoms with Crippen molar-refractivity contribution in [2.24, 2.45) is 5.92 Å². The van der Waals surface area contributed by atoms with E-state index in [0.29, 0.717) is 13.0 Å². The third-order valence-corrected chi connectivity index (χ3v) is 10.5. The minimum Gasteiger partial charge on any atom is -0.394 e. The first-order valence-corrected chi connectivity index (χ1v) is 15.8. The lowest BCUT2D eigenvalue weighted by Crippen LogP contribution is -2.42. The van der Waals surface area contributed by atoms with E-state index in [9.17, 15) is 14.7 Å². The average molecular weight is 491 g/mol. The molecule has 3 heterocycles. The van der Waals surface area contributed by atoms with Crippen LogP contribution in [0, 0.1) is 5.92 Å². The molecule has 3 aliphatic rings. The molecule has 5 atom stereocenters. The molecule has 3 aliphatic heterocycles. The Morgan fingerprint density at radius 2 is 2.03 bits per heavy atom. The first-order valence-electron chi connectivity index (χ1n) is 12.8. The Labute approximate surface area is 203 Å². The Morgan fingerprint density at radius 3 is 2.71 bits per heavy atom. The summed E-state index contributed by atoms with van der Waals surface area (Å²) in [6.45, 7) is 6.92. The molecular formula is C26H39FN2O4Si. The molecule has 0 aromatic heterocycles. The Hall–Kier alpha value is -1.77. The van der Waals surface area contributed by atoms with Crippen LogP contribution in [-0.2, 0) is 20.7 Å². The highest BCUT2D eigenvalue weighted by atomic mass is 28.4. The molecular weight excluding hydrogens is 451 g/mol. The van der Waals surface area contributed by atoms with E-state index in [1.165, 1.54) is 0 Å². The summed E-state index contributed by atoms with van der Waals surface area (Å²) in [7, 11) is -3.06. The van der Waals surface area contributed by atoms with Crippen molar-refractivity contribution < 1.29 is 23.5 Å². The zero-order chi connectivity index (χ0) is 24.5. The molecule has 1 N–H and O–H groups in total. The molecule has 34 heavy (non-hydrogen) atoms. The third kappa shape index (κ3) is 5.39. The first kappa shape index (κ1) is 25.3. The number of aryl methyl sites for hydroxylation is 1. The normalized spacial score (nSPS) is 29.9. The SMILES string of the molecule is C[C@@H]1[C@@H]([Si](C)(C)F)[C@H](CC(=O)N2CCC[C@H]2CO)O[C@@H]1CCc1cccc(N2CCCC2=O)c1.